The molecule has 23 heavy (non-hydrogen) atoms. The van der Waals surface area contributed by atoms with Crippen LogP contribution >= 0.6 is 11.6 Å². The second kappa shape index (κ2) is 5.31. The molecule has 2 N–H and O–H groups in total. The summed E-state index contributed by atoms with van der Waals surface area (Å²) >= 11 is 5.73. The Hall–Kier alpha value is -2.48. The van der Waals surface area contributed by atoms with Crippen molar-refractivity contribution in [1.82, 2.24) is 20.3 Å². The highest BCUT2D eigenvalue weighted by atomic mass is 35.5. The molecule has 0 atom stereocenters. The minimum Gasteiger partial charge on any atom is -0.480 e. The van der Waals surface area contributed by atoms with E-state index in [0.717, 1.165) is 0 Å². The number of rotatable bonds is 4. The van der Waals surface area contributed by atoms with Gasteiger partial charge in [0.2, 0.25) is 0 Å². The Morgan fingerprint density at radius 3 is 2.70 bits per heavy atom. The fourth-order valence-electron chi connectivity index (χ4n) is 2.19. The summed E-state index contributed by atoms with van der Waals surface area (Å²) in [7, 11) is 0. The van der Waals surface area contributed by atoms with E-state index in [1.807, 2.05) is 0 Å². The Balaban J connectivity index is 1.88. The van der Waals surface area contributed by atoms with Crippen LogP contribution in [0.25, 0.3) is 5.69 Å². The molecule has 120 valence electrons. The third-order valence-electron chi connectivity index (χ3n) is 3.77. The summed E-state index contributed by atoms with van der Waals surface area (Å²) in [6, 6.07) is 3.99. The molecule has 7 nitrogen and oxygen atoms in total. The van der Waals surface area contributed by atoms with E-state index in [4.69, 9.17) is 16.7 Å². The fraction of sp³-hybridized carbons (Fsp3) is 0.286. The molecule has 0 aliphatic heterocycles. The molecule has 1 aromatic heterocycles. The van der Waals surface area contributed by atoms with Crippen molar-refractivity contribution in [1.29, 1.82) is 0 Å². The molecule has 0 spiro atoms. The van der Waals surface area contributed by atoms with Crippen LogP contribution in [0.15, 0.2) is 18.2 Å². The van der Waals surface area contributed by atoms with Crippen LogP contribution in [0.3, 0.4) is 0 Å². The van der Waals surface area contributed by atoms with E-state index in [1.54, 1.807) is 6.92 Å². The third kappa shape index (κ3) is 2.65. The lowest BCUT2D eigenvalue weighted by atomic mass is 10.2. The van der Waals surface area contributed by atoms with Gasteiger partial charge >= 0.3 is 5.97 Å². The quantitative estimate of drug-likeness (QED) is 0.884. The van der Waals surface area contributed by atoms with E-state index in [0.29, 0.717) is 24.2 Å². The Morgan fingerprint density at radius 1 is 1.43 bits per heavy atom. The number of halogens is 2. The van der Waals surface area contributed by atoms with Gasteiger partial charge in [-0.3, -0.25) is 4.79 Å². The number of amides is 1. The number of nitrogens with one attached hydrogen (secondary N) is 1. The zero-order valence-electron chi connectivity index (χ0n) is 12.0. The first kappa shape index (κ1) is 15.4. The van der Waals surface area contributed by atoms with Crippen molar-refractivity contribution in [2.75, 3.05) is 0 Å². The van der Waals surface area contributed by atoms with Crippen molar-refractivity contribution in [2.24, 2.45) is 0 Å². The number of carboxylic acid groups (broad SMARTS) is 1. The highest BCUT2D eigenvalue weighted by molar-refractivity contribution is 6.30. The SMILES string of the molecule is Cc1c(C(=O)NC2(C(=O)O)CC2)nnn1-c1ccc(F)c(Cl)c1. The molecule has 0 saturated heterocycles. The molecule has 1 saturated carbocycles. The monoisotopic (exact) mass is 338 g/mol. The predicted molar refractivity (Wildman–Crippen MR) is 78.1 cm³/mol. The van der Waals surface area contributed by atoms with Crippen molar-refractivity contribution in [3.63, 3.8) is 0 Å². The lowest BCUT2D eigenvalue weighted by molar-refractivity contribution is -0.140. The van der Waals surface area contributed by atoms with Gasteiger partial charge < -0.3 is 10.4 Å². The second-order valence-corrected chi connectivity index (χ2v) is 5.78. The summed E-state index contributed by atoms with van der Waals surface area (Å²) in [5, 5.41) is 19.1. The van der Waals surface area contributed by atoms with Crippen molar-refractivity contribution < 1.29 is 19.1 Å². The van der Waals surface area contributed by atoms with Gasteiger partial charge in [0, 0.05) is 0 Å². The van der Waals surface area contributed by atoms with Crippen molar-refractivity contribution in [3.05, 3.63) is 40.4 Å². The van der Waals surface area contributed by atoms with Crippen molar-refractivity contribution in [2.45, 2.75) is 25.3 Å². The van der Waals surface area contributed by atoms with Gasteiger partial charge in [-0.05, 0) is 38.0 Å². The molecule has 3 rings (SSSR count). The molecule has 2 aromatic rings. The van der Waals surface area contributed by atoms with Gasteiger partial charge in [0.15, 0.2) is 5.69 Å². The van der Waals surface area contributed by atoms with Gasteiger partial charge in [0.05, 0.1) is 16.4 Å². The number of carboxylic acids is 1. The van der Waals surface area contributed by atoms with Crippen LogP contribution in [0.2, 0.25) is 5.02 Å². The summed E-state index contributed by atoms with van der Waals surface area (Å²) in [4.78, 5) is 23.3. The summed E-state index contributed by atoms with van der Waals surface area (Å²) in [6.45, 7) is 1.60. The molecular formula is C14H12ClFN4O3. The molecule has 9 heteroatoms. The Kier molecular flexibility index (Phi) is 3.56. The number of aliphatic carboxylic acids is 1. The first-order chi connectivity index (χ1) is 10.8. The predicted octanol–water partition coefficient (Wildman–Crippen LogP) is 1.72. The number of hydrogen-bond donors (Lipinski definition) is 2. The number of nitrogens with zero attached hydrogens (tertiary/aromatic N) is 3. The average molecular weight is 339 g/mol. The normalized spacial score (nSPS) is 15.3. The molecule has 1 fully saturated rings. The highest BCUT2D eigenvalue weighted by Gasteiger charge is 2.52. The number of carbonyl (C=O) groups is 2. The van der Waals surface area contributed by atoms with Gasteiger partial charge in [0.25, 0.3) is 5.91 Å². The Labute approximate surface area is 135 Å². The third-order valence-corrected chi connectivity index (χ3v) is 4.06. The Bertz CT molecular complexity index is 816. The van der Waals surface area contributed by atoms with E-state index in [2.05, 4.69) is 15.6 Å². The molecule has 1 amide bonds. The van der Waals surface area contributed by atoms with Crippen molar-refractivity contribution >= 4 is 23.5 Å². The van der Waals surface area contributed by atoms with Crippen LogP contribution in [-0.4, -0.2) is 37.5 Å². The lowest BCUT2D eigenvalue weighted by Crippen LogP contribution is -2.43. The van der Waals surface area contributed by atoms with Crippen LogP contribution < -0.4 is 5.32 Å². The minimum absolute atomic E-state index is 0.0120. The Morgan fingerprint density at radius 2 is 2.13 bits per heavy atom. The van der Waals surface area contributed by atoms with Crippen LogP contribution in [0.4, 0.5) is 4.39 Å². The van der Waals surface area contributed by atoms with Crippen LogP contribution in [0.5, 0.6) is 0 Å². The minimum atomic E-state index is -1.20. The van der Waals surface area contributed by atoms with Gasteiger partial charge in [-0.25, -0.2) is 13.9 Å². The molecule has 1 heterocycles. The maximum Gasteiger partial charge on any atom is 0.329 e. The molecule has 1 aromatic carbocycles. The van der Waals surface area contributed by atoms with Gasteiger partial charge in [0.1, 0.15) is 11.4 Å². The summed E-state index contributed by atoms with van der Waals surface area (Å²) in [5.74, 6) is -2.24. The number of carbonyl (C=O) groups excluding carboxylic acids is 1. The molecular weight excluding hydrogens is 327 g/mol. The van der Waals surface area contributed by atoms with E-state index in [9.17, 15) is 14.0 Å². The molecule has 1 aliphatic carbocycles. The maximum absolute atomic E-state index is 13.2. The molecule has 0 unspecified atom stereocenters. The van der Waals surface area contributed by atoms with Crippen molar-refractivity contribution in [3.8, 4) is 5.69 Å². The van der Waals surface area contributed by atoms with Gasteiger partial charge in [-0.15, -0.1) is 5.10 Å². The first-order valence-electron chi connectivity index (χ1n) is 6.78. The largest absolute Gasteiger partial charge is 0.480 e. The van der Waals surface area contributed by atoms with Crippen LogP contribution in [0.1, 0.15) is 29.0 Å². The van der Waals surface area contributed by atoms with Gasteiger partial charge in [-0.1, -0.05) is 16.8 Å². The van der Waals surface area contributed by atoms with Crippen LogP contribution in [-0.2, 0) is 4.79 Å². The van der Waals surface area contributed by atoms with Crippen LogP contribution in [0, 0.1) is 12.7 Å². The van der Waals surface area contributed by atoms with E-state index < -0.39 is 23.2 Å². The average Bonchev–Trinajstić information content (AvgIpc) is 3.17. The molecule has 0 radical (unpaired) electrons. The summed E-state index contributed by atoms with van der Waals surface area (Å²) in [6.07, 6.45) is 0.768. The highest BCUT2D eigenvalue weighted by Crippen LogP contribution is 2.35. The zero-order chi connectivity index (χ0) is 16.8. The topological polar surface area (TPSA) is 97.1 Å². The zero-order valence-corrected chi connectivity index (χ0v) is 12.8. The summed E-state index contributed by atoms with van der Waals surface area (Å²) < 4.78 is 14.6. The van der Waals surface area contributed by atoms with E-state index >= 15 is 0 Å². The standard InChI is InChI=1S/C14H12ClFN4O3/c1-7-11(12(21)17-14(4-5-14)13(22)23)18-19-20(7)8-2-3-10(16)9(15)6-8/h2-3,6H,4-5H2,1H3,(H,17,21)(H,22,23). The maximum atomic E-state index is 13.2. The number of benzene rings is 1. The molecule has 1 aliphatic rings. The lowest BCUT2D eigenvalue weighted by Gasteiger charge is -2.11. The number of aromatic nitrogens is 3. The summed E-state index contributed by atoms with van der Waals surface area (Å²) in [5.41, 5.74) is -0.351. The van der Waals surface area contributed by atoms with E-state index in [1.165, 1.54) is 22.9 Å². The fourth-order valence-corrected chi connectivity index (χ4v) is 2.37. The first-order valence-corrected chi connectivity index (χ1v) is 7.15. The second-order valence-electron chi connectivity index (χ2n) is 5.38. The molecule has 0 bridgehead atoms. The smallest absolute Gasteiger partial charge is 0.329 e. The van der Waals surface area contributed by atoms with E-state index in [-0.39, 0.29) is 10.7 Å². The van der Waals surface area contributed by atoms with Gasteiger partial charge in [-0.2, -0.15) is 0 Å². The number of hydrogen-bond acceptors (Lipinski definition) is 4.